The largest absolute Gasteiger partial charge is 0.313 e. The van der Waals surface area contributed by atoms with Crippen molar-refractivity contribution in [1.29, 1.82) is 0 Å². The zero-order valence-electron chi connectivity index (χ0n) is 12.6. The highest BCUT2D eigenvalue weighted by atomic mass is 79.9. The van der Waals surface area contributed by atoms with Gasteiger partial charge in [0.25, 0.3) is 0 Å². The fourth-order valence-corrected chi connectivity index (χ4v) is 3.06. The molecule has 1 nitrogen and oxygen atoms in total. The minimum atomic E-state index is 0.324. The van der Waals surface area contributed by atoms with Gasteiger partial charge in [0.15, 0.2) is 0 Å². The van der Waals surface area contributed by atoms with Gasteiger partial charge in [0.2, 0.25) is 0 Å². The van der Waals surface area contributed by atoms with E-state index in [0.29, 0.717) is 6.04 Å². The van der Waals surface area contributed by atoms with Crippen LogP contribution in [0.25, 0.3) is 0 Å². The Kier molecular flexibility index (Phi) is 5.00. The van der Waals surface area contributed by atoms with Crippen LogP contribution in [0.3, 0.4) is 0 Å². The molecule has 0 aromatic heterocycles. The van der Waals surface area contributed by atoms with E-state index in [1.165, 1.54) is 32.3 Å². The number of likely N-dealkylation sites (N-methyl/N-ethyl adjacent to an activating group) is 1. The normalized spacial score (nSPS) is 12.4. The first-order chi connectivity index (χ1) is 9.51. The van der Waals surface area contributed by atoms with Crippen LogP contribution in [0.15, 0.2) is 40.9 Å². The fourth-order valence-electron chi connectivity index (χ4n) is 2.54. The summed E-state index contributed by atoms with van der Waals surface area (Å²) in [7, 11) is 2.03. The second kappa shape index (κ2) is 6.55. The number of hydrogen-bond donors (Lipinski definition) is 1. The molecule has 0 aliphatic carbocycles. The minimum absolute atomic E-state index is 0.324. The van der Waals surface area contributed by atoms with Crippen molar-refractivity contribution in [3.63, 3.8) is 0 Å². The molecule has 20 heavy (non-hydrogen) atoms. The second-order valence-corrected chi connectivity index (χ2v) is 6.35. The van der Waals surface area contributed by atoms with Gasteiger partial charge < -0.3 is 5.32 Å². The lowest BCUT2D eigenvalue weighted by atomic mass is 9.94. The molecule has 1 N–H and O–H groups in total. The van der Waals surface area contributed by atoms with Gasteiger partial charge in [0.1, 0.15) is 0 Å². The Bertz CT molecular complexity index is 604. The maximum Gasteiger partial charge on any atom is 0.0369 e. The van der Waals surface area contributed by atoms with Crippen LogP contribution in [-0.4, -0.2) is 7.05 Å². The molecule has 2 heteroatoms. The van der Waals surface area contributed by atoms with Gasteiger partial charge in [0, 0.05) is 10.5 Å². The first-order valence-electron chi connectivity index (χ1n) is 7.00. The Hall–Kier alpha value is -1.12. The third-order valence-corrected chi connectivity index (χ3v) is 4.53. The predicted octanol–water partition coefficient (Wildman–Crippen LogP) is 4.88. The molecule has 0 saturated heterocycles. The lowest BCUT2D eigenvalue weighted by Gasteiger charge is -2.20. The molecule has 0 bridgehead atoms. The monoisotopic (exact) mass is 331 g/mol. The summed E-state index contributed by atoms with van der Waals surface area (Å²) in [6, 6.07) is 13.5. The molecule has 2 aromatic rings. The van der Waals surface area contributed by atoms with Gasteiger partial charge in [-0.3, -0.25) is 0 Å². The van der Waals surface area contributed by atoms with Gasteiger partial charge in [-0.15, -0.1) is 0 Å². The van der Waals surface area contributed by atoms with Crippen LogP contribution >= 0.6 is 15.9 Å². The average Bonchev–Trinajstić information content (AvgIpc) is 2.42. The van der Waals surface area contributed by atoms with Gasteiger partial charge in [-0.1, -0.05) is 57.4 Å². The smallest absolute Gasteiger partial charge is 0.0369 e. The third kappa shape index (κ3) is 3.50. The molecule has 0 radical (unpaired) electrons. The predicted molar refractivity (Wildman–Crippen MR) is 90.3 cm³/mol. The van der Waals surface area contributed by atoms with Crippen molar-refractivity contribution in [3.05, 3.63) is 68.7 Å². The number of hydrogen-bond acceptors (Lipinski definition) is 1. The van der Waals surface area contributed by atoms with E-state index in [4.69, 9.17) is 0 Å². The van der Waals surface area contributed by atoms with Crippen molar-refractivity contribution in [2.75, 3.05) is 7.05 Å². The minimum Gasteiger partial charge on any atom is -0.313 e. The number of benzene rings is 2. The van der Waals surface area contributed by atoms with Crippen molar-refractivity contribution in [2.45, 2.75) is 33.2 Å². The van der Waals surface area contributed by atoms with E-state index >= 15 is 0 Å². The van der Waals surface area contributed by atoms with E-state index in [1.54, 1.807) is 0 Å². The van der Waals surface area contributed by atoms with E-state index < -0.39 is 0 Å². The third-order valence-electron chi connectivity index (χ3n) is 3.80. The summed E-state index contributed by atoms with van der Waals surface area (Å²) in [5, 5.41) is 3.45. The van der Waals surface area contributed by atoms with Crippen molar-refractivity contribution in [1.82, 2.24) is 5.32 Å². The topological polar surface area (TPSA) is 12.0 Å². The Balaban J connectivity index is 2.33. The SMILES string of the molecule is CNC(Cc1cc(C)ccc1C)c1cc(C)ccc1Br. The summed E-state index contributed by atoms with van der Waals surface area (Å²) in [5.74, 6) is 0. The number of halogens is 1. The van der Waals surface area contributed by atoms with Crippen molar-refractivity contribution < 1.29 is 0 Å². The van der Waals surface area contributed by atoms with Crippen LogP contribution < -0.4 is 5.32 Å². The maximum atomic E-state index is 3.68. The van der Waals surface area contributed by atoms with Gasteiger partial charge in [-0.05, 0) is 57.0 Å². The van der Waals surface area contributed by atoms with Gasteiger partial charge in [0.05, 0.1) is 0 Å². The van der Waals surface area contributed by atoms with Gasteiger partial charge in [-0.2, -0.15) is 0 Å². The molecule has 106 valence electrons. The maximum absolute atomic E-state index is 3.68. The Labute approximate surface area is 130 Å². The highest BCUT2D eigenvalue weighted by molar-refractivity contribution is 9.10. The Morgan fingerprint density at radius 2 is 1.65 bits per heavy atom. The van der Waals surface area contributed by atoms with E-state index in [0.717, 1.165) is 6.42 Å². The summed E-state index contributed by atoms with van der Waals surface area (Å²) in [6.45, 7) is 6.48. The lowest BCUT2D eigenvalue weighted by molar-refractivity contribution is 0.588. The lowest BCUT2D eigenvalue weighted by Crippen LogP contribution is -2.20. The zero-order chi connectivity index (χ0) is 14.7. The van der Waals surface area contributed by atoms with Crippen LogP contribution in [0.4, 0.5) is 0 Å². The van der Waals surface area contributed by atoms with Crippen LogP contribution in [0.5, 0.6) is 0 Å². The molecule has 2 aromatic carbocycles. The summed E-state index contributed by atoms with van der Waals surface area (Å²) in [6.07, 6.45) is 1.01. The Morgan fingerprint density at radius 3 is 2.35 bits per heavy atom. The quantitative estimate of drug-likeness (QED) is 0.842. The molecular formula is C18H22BrN. The van der Waals surface area contributed by atoms with Crippen molar-refractivity contribution in [3.8, 4) is 0 Å². The number of nitrogens with one attached hydrogen (secondary N) is 1. The van der Waals surface area contributed by atoms with E-state index in [9.17, 15) is 0 Å². The molecule has 0 amide bonds. The van der Waals surface area contributed by atoms with Gasteiger partial charge in [-0.25, -0.2) is 0 Å². The van der Waals surface area contributed by atoms with Crippen LogP contribution in [-0.2, 0) is 6.42 Å². The molecule has 0 spiro atoms. The fraction of sp³-hybridized carbons (Fsp3) is 0.333. The second-order valence-electron chi connectivity index (χ2n) is 5.50. The average molecular weight is 332 g/mol. The van der Waals surface area contributed by atoms with E-state index in [-0.39, 0.29) is 0 Å². The summed E-state index contributed by atoms with van der Waals surface area (Å²) in [5.41, 5.74) is 6.72. The summed E-state index contributed by atoms with van der Waals surface area (Å²) < 4.78 is 1.17. The molecule has 0 aliphatic heterocycles. The molecule has 2 rings (SSSR count). The highest BCUT2D eigenvalue weighted by Gasteiger charge is 2.14. The van der Waals surface area contributed by atoms with E-state index in [1.807, 2.05) is 7.05 Å². The Morgan fingerprint density at radius 1 is 1.00 bits per heavy atom. The molecule has 0 aliphatic rings. The van der Waals surface area contributed by atoms with Crippen LogP contribution in [0, 0.1) is 20.8 Å². The first-order valence-corrected chi connectivity index (χ1v) is 7.80. The molecule has 0 saturated carbocycles. The first kappa shape index (κ1) is 15.3. The number of aryl methyl sites for hydroxylation is 3. The van der Waals surface area contributed by atoms with Crippen LogP contribution in [0.1, 0.15) is 33.9 Å². The zero-order valence-corrected chi connectivity index (χ0v) is 14.2. The van der Waals surface area contributed by atoms with Gasteiger partial charge >= 0.3 is 0 Å². The summed E-state index contributed by atoms with van der Waals surface area (Å²) in [4.78, 5) is 0. The van der Waals surface area contributed by atoms with Crippen molar-refractivity contribution in [2.24, 2.45) is 0 Å². The molecule has 1 unspecified atom stereocenters. The highest BCUT2D eigenvalue weighted by Crippen LogP contribution is 2.28. The molecular weight excluding hydrogens is 310 g/mol. The van der Waals surface area contributed by atoms with Crippen LogP contribution in [0.2, 0.25) is 0 Å². The van der Waals surface area contributed by atoms with Crippen molar-refractivity contribution >= 4 is 15.9 Å². The summed E-state index contributed by atoms with van der Waals surface area (Å²) >= 11 is 3.68. The molecule has 1 atom stereocenters. The number of rotatable bonds is 4. The standard InChI is InChI=1S/C18H22BrN/c1-12-5-7-14(3)15(9-12)11-18(20-4)16-10-13(2)6-8-17(16)19/h5-10,18,20H,11H2,1-4H3. The van der Waals surface area contributed by atoms with E-state index in [2.05, 4.69) is 78.4 Å². The molecule has 0 fully saturated rings. The molecule has 0 heterocycles.